The largest absolute Gasteiger partial charge is 0.495 e. The van der Waals surface area contributed by atoms with Crippen molar-refractivity contribution in [1.82, 2.24) is 0 Å². The van der Waals surface area contributed by atoms with E-state index in [0.717, 1.165) is 6.26 Å². The lowest BCUT2D eigenvalue weighted by atomic mass is 9.87. The first-order valence-corrected chi connectivity index (χ1v) is 8.26. The fraction of sp³-hybridized carbons (Fsp3) is 0.538. The zero-order chi connectivity index (χ0) is 16.0. The van der Waals surface area contributed by atoms with Gasteiger partial charge in [0.15, 0.2) is 0 Å². The van der Waals surface area contributed by atoms with Crippen LogP contribution in [0.15, 0.2) is 12.1 Å². The molecule has 1 aromatic rings. The summed E-state index contributed by atoms with van der Waals surface area (Å²) < 4.78 is 36.1. The highest BCUT2D eigenvalue weighted by atomic mass is 35.5. The number of aliphatic hydroxyl groups is 1. The van der Waals surface area contributed by atoms with Gasteiger partial charge in [-0.1, -0.05) is 0 Å². The van der Waals surface area contributed by atoms with Gasteiger partial charge in [-0.2, -0.15) is 0 Å². The standard InChI is InChI=1S/C13H20N2O5S.ClH/c1-13(2)12(16)11(14)7-5-10(19-3)8(6-9(7)20-13)15-21(4,17)18;/h5-6,11-12,15-16H,14H2,1-4H3;1H. The fourth-order valence-corrected chi connectivity index (χ4v) is 2.88. The maximum Gasteiger partial charge on any atom is 0.229 e. The first kappa shape index (κ1) is 18.8. The predicted octanol–water partition coefficient (Wildman–Crippen LogP) is 1.02. The number of hydrogen-bond donors (Lipinski definition) is 3. The lowest BCUT2D eigenvalue weighted by Gasteiger charge is -2.41. The molecule has 0 radical (unpaired) electrons. The maximum absolute atomic E-state index is 11.4. The van der Waals surface area contributed by atoms with Crippen molar-refractivity contribution in [3.63, 3.8) is 0 Å². The summed E-state index contributed by atoms with van der Waals surface area (Å²) in [6, 6.07) is 2.44. The molecule has 9 heteroatoms. The number of halogens is 1. The first-order valence-electron chi connectivity index (χ1n) is 6.37. The van der Waals surface area contributed by atoms with E-state index >= 15 is 0 Å². The third-order valence-corrected chi connectivity index (χ3v) is 4.00. The van der Waals surface area contributed by atoms with Crippen LogP contribution in [0.1, 0.15) is 25.5 Å². The zero-order valence-corrected chi connectivity index (χ0v) is 14.4. The van der Waals surface area contributed by atoms with Crippen LogP contribution in [0.5, 0.6) is 11.5 Å². The van der Waals surface area contributed by atoms with Gasteiger partial charge in [-0.15, -0.1) is 12.4 Å². The molecule has 0 fully saturated rings. The highest BCUT2D eigenvalue weighted by Gasteiger charge is 2.41. The Bertz CT molecular complexity index is 663. The highest BCUT2D eigenvalue weighted by molar-refractivity contribution is 7.92. The lowest BCUT2D eigenvalue weighted by Crippen LogP contribution is -2.51. The second kappa shape index (κ2) is 6.11. The Morgan fingerprint density at radius 1 is 1.41 bits per heavy atom. The second-order valence-electron chi connectivity index (χ2n) is 5.64. The summed E-state index contributed by atoms with van der Waals surface area (Å²) in [6.45, 7) is 3.43. The number of fused-ring (bicyclic) bond motifs is 1. The number of hydrogen-bond acceptors (Lipinski definition) is 6. The van der Waals surface area contributed by atoms with Gasteiger partial charge in [0.05, 0.1) is 25.1 Å². The average Bonchev–Trinajstić information content (AvgIpc) is 2.33. The van der Waals surface area contributed by atoms with Gasteiger partial charge in [-0.3, -0.25) is 4.72 Å². The van der Waals surface area contributed by atoms with Crippen LogP contribution in [0.25, 0.3) is 0 Å². The molecule has 126 valence electrons. The molecule has 1 aliphatic heterocycles. The molecular formula is C13H21ClN2O5S. The van der Waals surface area contributed by atoms with Crippen LogP contribution in [-0.2, 0) is 10.0 Å². The molecule has 0 aliphatic carbocycles. The summed E-state index contributed by atoms with van der Waals surface area (Å²) in [6.07, 6.45) is 0.162. The van der Waals surface area contributed by atoms with Crippen LogP contribution in [0.4, 0.5) is 5.69 Å². The third kappa shape index (κ3) is 3.57. The molecule has 0 saturated carbocycles. The number of ether oxygens (including phenoxy) is 2. The highest BCUT2D eigenvalue weighted by Crippen LogP contribution is 2.43. The van der Waals surface area contributed by atoms with Gasteiger partial charge in [0.1, 0.15) is 23.2 Å². The molecule has 0 amide bonds. The van der Waals surface area contributed by atoms with E-state index in [1.165, 1.54) is 13.2 Å². The molecule has 1 heterocycles. The van der Waals surface area contributed by atoms with Crippen molar-refractivity contribution < 1.29 is 23.0 Å². The fourth-order valence-electron chi connectivity index (χ4n) is 2.32. The number of nitrogens with two attached hydrogens (primary N) is 1. The van der Waals surface area contributed by atoms with Gasteiger partial charge in [-0.05, 0) is 19.9 Å². The van der Waals surface area contributed by atoms with Gasteiger partial charge in [0, 0.05) is 11.6 Å². The van der Waals surface area contributed by atoms with E-state index in [9.17, 15) is 13.5 Å². The Labute approximate surface area is 136 Å². The minimum Gasteiger partial charge on any atom is -0.495 e. The lowest BCUT2D eigenvalue weighted by molar-refractivity contribution is -0.0571. The van der Waals surface area contributed by atoms with Crippen molar-refractivity contribution in [3.8, 4) is 11.5 Å². The molecule has 2 atom stereocenters. The Balaban J connectivity index is 0.00000242. The predicted molar refractivity (Wildman–Crippen MR) is 86.4 cm³/mol. The normalized spacial score (nSPS) is 22.8. The number of rotatable bonds is 3. The van der Waals surface area contributed by atoms with Crippen molar-refractivity contribution >= 4 is 28.1 Å². The molecular weight excluding hydrogens is 332 g/mol. The van der Waals surface area contributed by atoms with Gasteiger partial charge in [0.25, 0.3) is 0 Å². The zero-order valence-electron chi connectivity index (χ0n) is 12.8. The molecule has 0 spiro atoms. The Morgan fingerprint density at radius 2 is 2.00 bits per heavy atom. The van der Waals surface area contributed by atoms with Crippen molar-refractivity contribution in [1.29, 1.82) is 0 Å². The van der Waals surface area contributed by atoms with E-state index in [4.69, 9.17) is 15.2 Å². The number of nitrogens with one attached hydrogen (secondary N) is 1. The smallest absolute Gasteiger partial charge is 0.229 e. The molecule has 0 bridgehead atoms. The van der Waals surface area contributed by atoms with E-state index in [-0.39, 0.29) is 18.1 Å². The third-order valence-electron chi connectivity index (χ3n) is 3.41. The van der Waals surface area contributed by atoms with Crippen LogP contribution in [-0.4, -0.2) is 38.6 Å². The van der Waals surface area contributed by atoms with E-state index in [0.29, 0.717) is 17.1 Å². The summed E-state index contributed by atoms with van der Waals surface area (Å²) in [7, 11) is -2.03. The summed E-state index contributed by atoms with van der Waals surface area (Å²) in [5.41, 5.74) is 6.00. The van der Waals surface area contributed by atoms with Crippen LogP contribution < -0.4 is 19.9 Å². The molecule has 22 heavy (non-hydrogen) atoms. The van der Waals surface area contributed by atoms with Crippen molar-refractivity contribution in [3.05, 3.63) is 17.7 Å². The minimum absolute atomic E-state index is 0. The monoisotopic (exact) mass is 352 g/mol. The average molecular weight is 353 g/mol. The van der Waals surface area contributed by atoms with Crippen LogP contribution >= 0.6 is 12.4 Å². The van der Waals surface area contributed by atoms with E-state index in [1.807, 2.05) is 0 Å². The molecule has 4 N–H and O–H groups in total. The minimum atomic E-state index is -3.46. The number of anilines is 1. The quantitative estimate of drug-likeness (QED) is 0.749. The van der Waals surface area contributed by atoms with Gasteiger partial charge in [0.2, 0.25) is 10.0 Å². The summed E-state index contributed by atoms with van der Waals surface area (Å²) in [5, 5.41) is 10.2. The van der Waals surface area contributed by atoms with Crippen molar-refractivity contribution in [2.75, 3.05) is 18.1 Å². The maximum atomic E-state index is 11.4. The number of benzene rings is 1. The summed E-state index contributed by atoms with van der Waals surface area (Å²) in [4.78, 5) is 0. The van der Waals surface area contributed by atoms with Crippen LogP contribution in [0.2, 0.25) is 0 Å². The van der Waals surface area contributed by atoms with E-state index in [2.05, 4.69) is 4.72 Å². The molecule has 1 aliphatic rings. The molecule has 0 saturated heterocycles. The van der Waals surface area contributed by atoms with E-state index in [1.54, 1.807) is 19.9 Å². The van der Waals surface area contributed by atoms with Crippen molar-refractivity contribution in [2.24, 2.45) is 5.73 Å². The SMILES string of the molecule is COc1cc2c(cc1NS(C)(=O)=O)OC(C)(C)C(O)C2N.Cl. The molecule has 7 nitrogen and oxygen atoms in total. The van der Waals surface area contributed by atoms with Gasteiger partial charge >= 0.3 is 0 Å². The molecule has 2 rings (SSSR count). The number of aliphatic hydroxyl groups excluding tert-OH is 1. The Hall–Kier alpha value is -1.22. The topological polar surface area (TPSA) is 111 Å². The van der Waals surface area contributed by atoms with Gasteiger partial charge < -0.3 is 20.3 Å². The molecule has 2 unspecified atom stereocenters. The number of sulfonamides is 1. The first-order chi connectivity index (χ1) is 9.55. The second-order valence-corrected chi connectivity index (χ2v) is 7.39. The molecule has 1 aromatic carbocycles. The number of methoxy groups -OCH3 is 1. The van der Waals surface area contributed by atoms with Crippen LogP contribution in [0.3, 0.4) is 0 Å². The van der Waals surface area contributed by atoms with Crippen molar-refractivity contribution in [2.45, 2.75) is 31.6 Å². The summed E-state index contributed by atoms with van der Waals surface area (Å²) >= 11 is 0. The summed E-state index contributed by atoms with van der Waals surface area (Å²) in [5.74, 6) is 0.731. The Kier molecular flexibility index (Phi) is 5.23. The van der Waals surface area contributed by atoms with Gasteiger partial charge in [-0.25, -0.2) is 8.42 Å². The molecule has 0 aromatic heterocycles. The van der Waals surface area contributed by atoms with E-state index < -0.39 is 27.8 Å². The van der Waals surface area contributed by atoms with Crippen LogP contribution in [0, 0.1) is 0 Å². The Morgan fingerprint density at radius 3 is 2.50 bits per heavy atom.